The van der Waals surface area contributed by atoms with E-state index in [0.29, 0.717) is 25.9 Å². The quantitative estimate of drug-likeness (QED) is 0.710. The zero-order chi connectivity index (χ0) is 20.1. The van der Waals surface area contributed by atoms with E-state index in [1.54, 1.807) is 24.3 Å². The van der Waals surface area contributed by atoms with Crippen molar-refractivity contribution in [1.29, 1.82) is 0 Å². The third-order valence-corrected chi connectivity index (χ3v) is 7.71. The molecule has 8 heteroatoms. The monoisotopic (exact) mass is 440 g/mol. The van der Waals surface area contributed by atoms with E-state index >= 15 is 0 Å². The number of hydrogen-bond acceptors (Lipinski definition) is 4. The number of carbonyl (C=O) groups is 1. The predicted octanol–water partition coefficient (Wildman–Crippen LogP) is 3.86. The van der Waals surface area contributed by atoms with Gasteiger partial charge in [0.2, 0.25) is 15.9 Å². The maximum Gasteiger partial charge on any atom is 0.240 e. The SMILES string of the molecule is Cc1ccc(S(=O)(=O)NCC2CCCN(C(=O)CCc3ccc(Cl)s3)C2)cc1. The molecule has 2 aromatic rings. The second kappa shape index (κ2) is 9.39. The predicted molar refractivity (Wildman–Crippen MR) is 113 cm³/mol. The average molecular weight is 441 g/mol. The van der Waals surface area contributed by atoms with Gasteiger partial charge in [0.15, 0.2) is 0 Å². The Kier molecular flexibility index (Phi) is 7.15. The van der Waals surface area contributed by atoms with Gasteiger partial charge in [0.05, 0.1) is 9.23 Å². The average Bonchev–Trinajstić information content (AvgIpc) is 3.10. The number of rotatable bonds is 7. The normalized spacial score (nSPS) is 17.6. The molecule has 1 aromatic heterocycles. The summed E-state index contributed by atoms with van der Waals surface area (Å²) in [6.45, 7) is 3.61. The van der Waals surface area contributed by atoms with Gasteiger partial charge >= 0.3 is 0 Å². The Labute approximate surface area is 175 Å². The Morgan fingerprint density at radius 2 is 2.00 bits per heavy atom. The van der Waals surface area contributed by atoms with E-state index in [1.165, 1.54) is 11.3 Å². The first-order chi connectivity index (χ1) is 13.3. The maximum atomic E-state index is 12.5. The van der Waals surface area contributed by atoms with E-state index in [1.807, 2.05) is 24.0 Å². The summed E-state index contributed by atoms with van der Waals surface area (Å²) in [4.78, 5) is 15.8. The Morgan fingerprint density at radius 3 is 2.68 bits per heavy atom. The number of amides is 1. The van der Waals surface area contributed by atoms with Crippen molar-refractivity contribution in [2.24, 2.45) is 5.92 Å². The number of sulfonamides is 1. The topological polar surface area (TPSA) is 66.5 Å². The van der Waals surface area contributed by atoms with Crippen LogP contribution in [0, 0.1) is 12.8 Å². The molecule has 0 bridgehead atoms. The lowest BCUT2D eigenvalue weighted by molar-refractivity contribution is -0.132. The molecule has 1 aromatic carbocycles. The van der Waals surface area contributed by atoms with Crippen LogP contribution in [-0.2, 0) is 21.2 Å². The molecule has 152 valence electrons. The van der Waals surface area contributed by atoms with E-state index < -0.39 is 10.0 Å². The number of piperidine rings is 1. The number of aryl methyl sites for hydroxylation is 2. The Bertz CT molecular complexity index is 910. The molecule has 0 radical (unpaired) electrons. The zero-order valence-corrected chi connectivity index (χ0v) is 18.2. The summed E-state index contributed by atoms with van der Waals surface area (Å²) in [6.07, 6.45) is 2.96. The van der Waals surface area contributed by atoms with Crippen LogP contribution in [0.25, 0.3) is 0 Å². The van der Waals surface area contributed by atoms with Gasteiger partial charge in [-0.2, -0.15) is 0 Å². The first-order valence-corrected chi connectivity index (χ1v) is 12.1. The van der Waals surface area contributed by atoms with Gasteiger partial charge in [0.1, 0.15) is 0 Å². The fourth-order valence-corrected chi connectivity index (χ4v) is 5.56. The van der Waals surface area contributed by atoms with Crippen molar-refractivity contribution >= 4 is 38.9 Å². The van der Waals surface area contributed by atoms with Crippen LogP contribution in [0.15, 0.2) is 41.3 Å². The van der Waals surface area contributed by atoms with Crippen LogP contribution in [0.4, 0.5) is 0 Å². The minimum Gasteiger partial charge on any atom is -0.342 e. The van der Waals surface area contributed by atoms with E-state index in [2.05, 4.69) is 4.72 Å². The molecule has 1 saturated heterocycles. The summed E-state index contributed by atoms with van der Waals surface area (Å²) < 4.78 is 28.4. The molecule has 1 amide bonds. The molecule has 2 heterocycles. The number of nitrogens with one attached hydrogen (secondary N) is 1. The molecule has 1 aliphatic rings. The molecule has 1 unspecified atom stereocenters. The first kappa shape index (κ1) is 21.3. The molecule has 0 saturated carbocycles. The number of nitrogens with zero attached hydrogens (tertiary/aromatic N) is 1. The Morgan fingerprint density at radius 1 is 1.25 bits per heavy atom. The van der Waals surface area contributed by atoms with Crippen LogP contribution < -0.4 is 4.72 Å². The van der Waals surface area contributed by atoms with Crippen LogP contribution in [0.1, 0.15) is 29.7 Å². The Hall–Kier alpha value is -1.41. The highest BCUT2D eigenvalue weighted by molar-refractivity contribution is 7.89. The molecule has 1 aliphatic heterocycles. The van der Waals surface area contributed by atoms with E-state index in [-0.39, 0.29) is 16.7 Å². The van der Waals surface area contributed by atoms with Gasteiger partial charge in [-0.05, 0) is 56.4 Å². The summed E-state index contributed by atoms with van der Waals surface area (Å²) in [7, 11) is -3.52. The van der Waals surface area contributed by atoms with Gasteiger partial charge in [-0.25, -0.2) is 13.1 Å². The molecule has 1 N–H and O–H groups in total. The Balaban J connectivity index is 1.50. The molecule has 1 atom stereocenters. The van der Waals surface area contributed by atoms with Crippen molar-refractivity contribution in [2.45, 2.75) is 37.5 Å². The van der Waals surface area contributed by atoms with Crippen LogP contribution in [0.5, 0.6) is 0 Å². The molecular formula is C20H25ClN2O3S2. The van der Waals surface area contributed by atoms with Gasteiger partial charge in [0, 0.05) is 30.9 Å². The highest BCUT2D eigenvalue weighted by Gasteiger charge is 2.25. The van der Waals surface area contributed by atoms with Crippen LogP contribution in [0.2, 0.25) is 4.34 Å². The second-order valence-corrected chi connectivity index (χ2v) is 10.8. The molecular weight excluding hydrogens is 416 g/mol. The lowest BCUT2D eigenvalue weighted by Gasteiger charge is -2.33. The lowest BCUT2D eigenvalue weighted by atomic mass is 9.98. The lowest BCUT2D eigenvalue weighted by Crippen LogP contribution is -2.43. The van der Waals surface area contributed by atoms with Crippen molar-refractivity contribution in [3.63, 3.8) is 0 Å². The number of hydrogen-bond donors (Lipinski definition) is 1. The van der Waals surface area contributed by atoms with E-state index in [4.69, 9.17) is 11.6 Å². The van der Waals surface area contributed by atoms with Crippen LogP contribution in [0.3, 0.4) is 0 Å². The molecule has 3 rings (SSSR count). The summed E-state index contributed by atoms with van der Waals surface area (Å²) in [5.41, 5.74) is 1.02. The number of halogens is 1. The second-order valence-electron chi connectivity index (χ2n) is 7.22. The smallest absolute Gasteiger partial charge is 0.240 e. The fraction of sp³-hybridized carbons (Fsp3) is 0.450. The van der Waals surface area contributed by atoms with Crippen molar-refractivity contribution in [2.75, 3.05) is 19.6 Å². The summed E-state index contributed by atoms with van der Waals surface area (Å²) in [6, 6.07) is 10.6. The highest BCUT2D eigenvalue weighted by Crippen LogP contribution is 2.23. The van der Waals surface area contributed by atoms with Gasteiger partial charge < -0.3 is 4.90 Å². The van der Waals surface area contributed by atoms with Gasteiger partial charge in [0.25, 0.3) is 0 Å². The standard InChI is InChI=1S/C20H25ClN2O3S2/c1-15-4-8-18(9-5-15)28(25,26)22-13-16-3-2-12-23(14-16)20(24)11-7-17-6-10-19(21)27-17/h4-6,8-10,16,22H,2-3,7,11-14H2,1H3. The zero-order valence-electron chi connectivity index (χ0n) is 15.9. The molecule has 1 fully saturated rings. The summed E-state index contributed by atoms with van der Waals surface area (Å²) in [5.74, 6) is 0.254. The van der Waals surface area contributed by atoms with E-state index in [9.17, 15) is 13.2 Å². The number of thiophene rings is 1. The third-order valence-electron chi connectivity index (χ3n) is 4.98. The number of benzene rings is 1. The maximum absolute atomic E-state index is 12.5. The molecule has 0 spiro atoms. The van der Waals surface area contributed by atoms with E-state index in [0.717, 1.165) is 34.2 Å². The van der Waals surface area contributed by atoms with Crippen molar-refractivity contribution in [3.8, 4) is 0 Å². The highest BCUT2D eigenvalue weighted by atomic mass is 35.5. The minimum atomic E-state index is -3.52. The van der Waals surface area contributed by atoms with Gasteiger partial charge in [-0.15, -0.1) is 11.3 Å². The van der Waals surface area contributed by atoms with Gasteiger partial charge in [-0.1, -0.05) is 29.3 Å². The number of carbonyl (C=O) groups excluding carboxylic acids is 1. The third kappa shape index (κ3) is 5.80. The fourth-order valence-electron chi connectivity index (χ4n) is 3.36. The number of likely N-dealkylation sites (tertiary alicyclic amines) is 1. The largest absolute Gasteiger partial charge is 0.342 e. The van der Waals surface area contributed by atoms with Crippen molar-refractivity contribution < 1.29 is 13.2 Å². The summed E-state index contributed by atoms with van der Waals surface area (Å²) >= 11 is 7.44. The van der Waals surface area contributed by atoms with Gasteiger partial charge in [-0.3, -0.25) is 4.79 Å². The van der Waals surface area contributed by atoms with Crippen molar-refractivity contribution in [3.05, 3.63) is 51.2 Å². The van der Waals surface area contributed by atoms with Crippen LogP contribution >= 0.6 is 22.9 Å². The summed E-state index contributed by atoms with van der Waals surface area (Å²) in [5, 5.41) is 0. The molecule has 5 nitrogen and oxygen atoms in total. The first-order valence-electron chi connectivity index (χ1n) is 9.42. The molecule has 28 heavy (non-hydrogen) atoms. The van der Waals surface area contributed by atoms with Crippen molar-refractivity contribution in [1.82, 2.24) is 9.62 Å². The minimum absolute atomic E-state index is 0.121. The van der Waals surface area contributed by atoms with Crippen LogP contribution in [-0.4, -0.2) is 38.9 Å². The molecule has 0 aliphatic carbocycles.